The SMILES string of the molecule is Cc1ccc(CNC(=O)CN(C)S(=O)(=O)c2cccc3cnccc23)cc1. The molecule has 0 atom stereocenters. The van der Waals surface area contributed by atoms with Crippen LogP contribution in [0.3, 0.4) is 0 Å². The van der Waals surface area contributed by atoms with Gasteiger partial charge in [0, 0.05) is 36.8 Å². The largest absolute Gasteiger partial charge is 0.351 e. The number of hydrogen-bond acceptors (Lipinski definition) is 4. The van der Waals surface area contributed by atoms with E-state index in [4.69, 9.17) is 0 Å². The predicted octanol–water partition coefficient (Wildman–Crippen LogP) is 2.48. The Morgan fingerprint density at radius 3 is 2.59 bits per heavy atom. The van der Waals surface area contributed by atoms with E-state index < -0.39 is 10.0 Å². The first-order valence-electron chi connectivity index (χ1n) is 8.49. The van der Waals surface area contributed by atoms with Crippen molar-refractivity contribution in [3.8, 4) is 0 Å². The molecule has 0 spiro atoms. The van der Waals surface area contributed by atoms with Crippen LogP contribution in [0, 0.1) is 6.92 Å². The first-order valence-corrected chi connectivity index (χ1v) is 9.93. The number of fused-ring (bicyclic) bond motifs is 1. The summed E-state index contributed by atoms with van der Waals surface area (Å²) in [6.07, 6.45) is 3.16. The van der Waals surface area contributed by atoms with Crippen LogP contribution in [0.1, 0.15) is 11.1 Å². The molecular formula is C20H21N3O3S. The van der Waals surface area contributed by atoms with E-state index in [1.54, 1.807) is 36.7 Å². The minimum atomic E-state index is -3.80. The lowest BCUT2D eigenvalue weighted by atomic mass is 10.1. The molecule has 6 nitrogen and oxygen atoms in total. The van der Waals surface area contributed by atoms with Crippen LogP contribution in [0.2, 0.25) is 0 Å². The molecule has 0 aliphatic heterocycles. The van der Waals surface area contributed by atoms with Gasteiger partial charge in [-0.15, -0.1) is 0 Å². The Labute approximate surface area is 158 Å². The first-order chi connectivity index (χ1) is 12.9. The molecule has 1 amide bonds. The number of aryl methyl sites for hydroxylation is 1. The number of sulfonamides is 1. The molecule has 3 aromatic rings. The molecule has 140 valence electrons. The number of rotatable bonds is 6. The maximum atomic E-state index is 12.9. The average molecular weight is 383 g/mol. The summed E-state index contributed by atoms with van der Waals surface area (Å²) in [5.74, 6) is -0.358. The molecule has 0 aliphatic carbocycles. The monoisotopic (exact) mass is 383 g/mol. The minimum absolute atomic E-state index is 0.163. The number of aromatic nitrogens is 1. The van der Waals surface area contributed by atoms with E-state index in [0.29, 0.717) is 11.9 Å². The van der Waals surface area contributed by atoms with Crippen molar-refractivity contribution in [2.24, 2.45) is 0 Å². The summed E-state index contributed by atoms with van der Waals surface area (Å²) in [5, 5.41) is 4.07. The Morgan fingerprint density at radius 1 is 1.11 bits per heavy atom. The molecule has 1 N–H and O–H groups in total. The Bertz CT molecular complexity index is 1060. The summed E-state index contributed by atoms with van der Waals surface area (Å²) in [4.78, 5) is 16.4. The molecule has 7 heteroatoms. The highest BCUT2D eigenvalue weighted by Crippen LogP contribution is 2.24. The number of benzene rings is 2. The van der Waals surface area contributed by atoms with Gasteiger partial charge in [0.25, 0.3) is 0 Å². The van der Waals surface area contributed by atoms with Crippen LogP contribution in [0.15, 0.2) is 65.8 Å². The summed E-state index contributed by atoms with van der Waals surface area (Å²) >= 11 is 0. The van der Waals surface area contributed by atoms with Crippen molar-refractivity contribution >= 4 is 26.7 Å². The molecular weight excluding hydrogens is 362 g/mol. The first kappa shape index (κ1) is 19.0. The second kappa shape index (κ2) is 7.85. The van der Waals surface area contributed by atoms with Crippen LogP contribution in [0.4, 0.5) is 0 Å². The number of hydrogen-bond donors (Lipinski definition) is 1. The lowest BCUT2D eigenvalue weighted by Gasteiger charge is -2.18. The van der Waals surface area contributed by atoms with Crippen molar-refractivity contribution in [3.05, 3.63) is 72.1 Å². The molecule has 0 saturated heterocycles. The van der Waals surface area contributed by atoms with E-state index in [-0.39, 0.29) is 17.3 Å². The molecule has 3 rings (SSSR count). The Hall–Kier alpha value is -2.77. The third kappa shape index (κ3) is 4.32. The molecule has 2 aromatic carbocycles. The third-order valence-electron chi connectivity index (χ3n) is 4.31. The standard InChI is InChI=1S/C20H21N3O3S/c1-15-6-8-16(9-7-15)12-22-20(24)14-23(2)27(25,26)19-5-3-4-17-13-21-11-10-18(17)19/h3-11,13H,12,14H2,1-2H3,(H,22,24). The van der Waals surface area contributed by atoms with E-state index in [0.717, 1.165) is 20.8 Å². The van der Waals surface area contributed by atoms with Gasteiger partial charge in [0.15, 0.2) is 0 Å². The van der Waals surface area contributed by atoms with Gasteiger partial charge in [-0.2, -0.15) is 4.31 Å². The Balaban J connectivity index is 1.71. The van der Waals surface area contributed by atoms with Crippen molar-refractivity contribution in [2.45, 2.75) is 18.4 Å². The van der Waals surface area contributed by atoms with Gasteiger partial charge in [-0.1, -0.05) is 42.0 Å². The normalized spacial score (nSPS) is 11.7. The molecule has 0 fully saturated rings. The summed E-state index contributed by atoms with van der Waals surface area (Å²) in [7, 11) is -2.40. The molecule has 0 unspecified atom stereocenters. The quantitative estimate of drug-likeness (QED) is 0.709. The van der Waals surface area contributed by atoms with Crippen molar-refractivity contribution in [3.63, 3.8) is 0 Å². The van der Waals surface area contributed by atoms with Gasteiger partial charge in [0.1, 0.15) is 0 Å². The molecule has 0 bridgehead atoms. The van der Waals surface area contributed by atoms with Crippen LogP contribution in [0.5, 0.6) is 0 Å². The fourth-order valence-corrected chi connectivity index (χ4v) is 4.07. The molecule has 0 aliphatic rings. The zero-order chi connectivity index (χ0) is 19.4. The maximum Gasteiger partial charge on any atom is 0.243 e. The van der Waals surface area contributed by atoms with Crippen LogP contribution in [-0.4, -0.2) is 37.2 Å². The maximum absolute atomic E-state index is 12.9. The van der Waals surface area contributed by atoms with Crippen molar-refractivity contribution in [1.29, 1.82) is 0 Å². The van der Waals surface area contributed by atoms with Crippen molar-refractivity contribution < 1.29 is 13.2 Å². The topological polar surface area (TPSA) is 79.4 Å². The molecule has 0 radical (unpaired) electrons. The number of likely N-dealkylation sites (N-methyl/N-ethyl adjacent to an activating group) is 1. The van der Waals surface area contributed by atoms with Crippen molar-refractivity contribution in [2.75, 3.05) is 13.6 Å². The van der Waals surface area contributed by atoms with Gasteiger partial charge in [0.2, 0.25) is 15.9 Å². The number of pyridine rings is 1. The molecule has 0 saturated carbocycles. The smallest absolute Gasteiger partial charge is 0.243 e. The Morgan fingerprint density at radius 2 is 1.85 bits per heavy atom. The van der Waals surface area contributed by atoms with Gasteiger partial charge >= 0.3 is 0 Å². The van der Waals surface area contributed by atoms with Gasteiger partial charge in [-0.25, -0.2) is 8.42 Å². The van der Waals surface area contributed by atoms with E-state index in [1.165, 1.54) is 7.05 Å². The van der Waals surface area contributed by atoms with Crippen LogP contribution < -0.4 is 5.32 Å². The fraction of sp³-hybridized carbons (Fsp3) is 0.200. The van der Waals surface area contributed by atoms with Crippen LogP contribution in [0.25, 0.3) is 10.8 Å². The lowest BCUT2D eigenvalue weighted by molar-refractivity contribution is -0.121. The molecule has 1 aromatic heterocycles. The predicted molar refractivity (Wildman–Crippen MR) is 105 cm³/mol. The average Bonchev–Trinajstić information content (AvgIpc) is 2.67. The van der Waals surface area contributed by atoms with Gasteiger partial charge in [-0.05, 0) is 24.6 Å². The van der Waals surface area contributed by atoms with E-state index in [9.17, 15) is 13.2 Å². The number of amides is 1. The number of nitrogens with zero attached hydrogens (tertiary/aromatic N) is 2. The minimum Gasteiger partial charge on any atom is -0.351 e. The van der Waals surface area contributed by atoms with E-state index >= 15 is 0 Å². The van der Waals surface area contributed by atoms with Crippen LogP contribution in [-0.2, 0) is 21.4 Å². The summed E-state index contributed by atoms with van der Waals surface area (Å²) in [6, 6.07) is 14.5. The highest BCUT2D eigenvalue weighted by atomic mass is 32.2. The highest BCUT2D eigenvalue weighted by molar-refractivity contribution is 7.89. The number of nitrogens with one attached hydrogen (secondary N) is 1. The molecule has 1 heterocycles. The molecule has 27 heavy (non-hydrogen) atoms. The van der Waals surface area contributed by atoms with E-state index in [1.807, 2.05) is 31.2 Å². The summed E-state index contributed by atoms with van der Waals surface area (Å²) in [6.45, 7) is 2.09. The number of carbonyl (C=O) groups is 1. The number of carbonyl (C=O) groups excluding carboxylic acids is 1. The zero-order valence-electron chi connectivity index (χ0n) is 15.2. The third-order valence-corrected chi connectivity index (χ3v) is 6.17. The zero-order valence-corrected chi connectivity index (χ0v) is 16.0. The van der Waals surface area contributed by atoms with Gasteiger partial charge < -0.3 is 5.32 Å². The lowest BCUT2D eigenvalue weighted by Crippen LogP contribution is -2.38. The second-order valence-electron chi connectivity index (χ2n) is 6.38. The fourth-order valence-electron chi connectivity index (χ4n) is 2.74. The van der Waals surface area contributed by atoms with Crippen molar-refractivity contribution in [1.82, 2.24) is 14.6 Å². The Kier molecular flexibility index (Phi) is 5.53. The summed E-state index contributed by atoms with van der Waals surface area (Å²) in [5.41, 5.74) is 2.10. The van der Waals surface area contributed by atoms with Crippen LogP contribution >= 0.6 is 0 Å². The highest BCUT2D eigenvalue weighted by Gasteiger charge is 2.24. The second-order valence-corrected chi connectivity index (χ2v) is 8.39. The van der Waals surface area contributed by atoms with Gasteiger partial charge in [-0.3, -0.25) is 9.78 Å². The van der Waals surface area contributed by atoms with E-state index in [2.05, 4.69) is 10.3 Å². The van der Waals surface area contributed by atoms with Gasteiger partial charge in [0.05, 0.1) is 11.4 Å². The summed E-state index contributed by atoms with van der Waals surface area (Å²) < 4.78 is 26.9.